The van der Waals surface area contributed by atoms with Crippen molar-refractivity contribution in [3.63, 3.8) is 0 Å². The third kappa shape index (κ3) is 3.95. The number of carbonyl (C=O) groups is 4. The maximum atomic E-state index is 12.5. The largest absolute Gasteiger partial charge is 0.480 e. The molecule has 9 heteroatoms. The number of carbonyl (C=O) groups excluding carboxylic acids is 3. The smallest absolute Gasteiger partial charge is 0.325 e. The molecule has 2 aliphatic heterocycles. The Labute approximate surface area is 160 Å². The van der Waals surface area contributed by atoms with E-state index in [2.05, 4.69) is 5.32 Å². The minimum atomic E-state index is -1.25. The van der Waals surface area contributed by atoms with Gasteiger partial charge in [-0.1, -0.05) is 23.7 Å². The molecular formula is C18H18ClN3O5. The van der Waals surface area contributed by atoms with Gasteiger partial charge in [0.1, 0.15) is 12.1 Å². The zero-order valence-electron chi connectivity index (χ0n) is 14.4. The summed E-state index contributed by atoms with van der Waals surface area (Å²) < 4.78 is 0. The topological polar surface area (TPSA) is 107 Å². The number of amides is 4. The summed E-state index contributed by atoms with van der Waals surface area (Å²) >= 11 is 5.82. The molecule has 2 saturated heterocycles. The van der Waals surface area contributed by atoms with Gasteiger partial charge in [0, 0.05) is 24.2 Å². The van der Waals surface area contributed by atoms with E-state index in [0.717, 1.165) is 5.56 Å². The SMILES string of the molecule is O=C(O)CN1C(=O)NC2(CCN(C(=O)/C=C/c3ccc(Cl)cc3)CC2)C1=O. The van der Waals surface area contributed by atoms with Gasteiger partial charge in [0.2, 0.25) is 5.91 Å². The van der Waals surface area contributed by atoms with Crippen molar-refractivity contribution in [2.75, 3.05) is 19.6 Å². The Morgan fingerprint density at radius 2 is 1.81 bits per heavy atom. The minimum absolute atomic E-state index is 0.195. The van der Waals surface area contributed by atoms with E-state index in [-0.39, 0.29) is 31.8 Å². The fourth-order valence-electron chi connectivity index (χ4n) is 3.25. The number of nitrogens with zero attached hydrogens (tertiary/aromatic N) is 2. The van der Waals surface area contributed by atoms with Crippen LogP contribution in [0.4, 0.5) is 4.79 Å². The van der Waals surface area contributed by atoms with Crippen LogP contribution in [0.5, 0.6) is 0 Å². The predicted octanol–water partition coefficient (Wildman–Crippen LogP) is 1.35. The molecule has 2 aliphatic rings. The van der Waals surface area contributed by atoms with Crippen LogP contribution in [0, 0.1) is 0 Å². The number of nitrogens with one attached hydrogen (secondary N) is 1. The molecule has 2 heterocycles. The van der Waals surface area contributed by atoms with Gasteiger partial charge in [0.15, 0.2) is 0 Å². The lowest BCUT2D eigenvalue weighted by Crippen LogP contribution is -2.55. The Hall–Kier alpha value is -2.87. The van der Waals surface area contributed by atoms with E-state index in [0.29, 0.717) is 9.92 Å². The van der Waals surface area contributed by atoms with Crippen LogP contribution in [0.25, 0.3) is 6.08 Å². The number of urea groups is 1. The second-order valence-electron chi connectivity index (χ2n) is 6.51. The molecule has 0 unspecified atom stereocenters. The highest BCUT2D eigenvalue weighted by atomic mass is 35.5. The summed E-state index contributed by atoms with van der Waals surface area (Å²) in [7, 11) is 0. The van der Waals surface area contributed by atoms with E-state index < -0.39 is 30.0 Å². The standard InChI is InChI=1S/C18H18ClN3O5/c19-13-4-1-12(2-5-13)3-6-14(23)21-9-7-18(8-10-21)16(26)22(11-15(24)25)17(27)20-18/h1-6H,7-11H2,(H,20,27)(H,24,25)/b6-3+. The maximum Gasteiger partial charge on any atom is 0.325 e. The molecule has 1 spiro atoms. The van der Waals surface area contributed by atoms with E-state index in [1.165, 1.54) is 6.08 Å². The summed E-state index contributed by atoms with van der Waals surface area (Å²) in [6.07, 6.45) is 3.62. The van der Waals surface area contributed by atoms with Crippen LogP contribution in [-0.2, 0) is 14.4 Å². The van der Waals surface area contributed by atoms with Crippen molar-refractivity contribution in [1.29, 1.82) is 0 Å². The van der Waals surface area contributed by atoms with Gasteiger partial charge < -0.3 is 15.3 Å². The Bertz CT molecular complexity index is 813. The van der Waals surface area contributed by atoms with Gasteiger partial charge in [0.05, 0.1) is 0 Å². The first kappa shape index (κ1) is 18.9. The number of imide groups is 1. The first-order valence-corrected chi connectivity index (χ1v) is 8.77. The summed E-state index contributed by atoms with van der Waals surface area (Å²) in [5.41, 5.74) is -0.285. The van der Waals surface area contributed by atoms with Crippen LogP contribution in [0.1, 0.15) is 18.4 Å². The van der Waals surface area contributed by atoms with Crippen LogP contribution < -0.4 is 5.32 Å². The lowest BCUT2D eigenvalue weighted by molar-refractivity contribution is -0.143. The number of piperidine rings is 1. The van der Waals surface area contributed by atoms with Crippen LogP contribution >= 0.6 is 11.6 Å². The van der Waals surface area contributed by atoms with Gasteiger partial charge in [-0.05, 0) is 36.6 Å². The van der Waals surface area contributed by atoms with Crippen molar-refractivity contribution >= 4 is 41.5 Å². The van der Waals surface area contributed by atoms with Crippen molar-refractivity contribution < 1.29 is 24.3 Å². The van der Waals surface area contributed by atoms with Gasteiger partial charge in [-0.25, -0.2) is 4.79 Å². The molecular weight excluding hydrogens is 374 g/mol. The second-order valence-corrected chi connectivity index (χ2v) is 6.94. The summed E-state index contributed by atoms with van der Waals surface area (Å²) in [4.78, 5) is 49.9. The lowest BCUT2D eigenvalue weighted by Gasteiger charge is -2.36. The predicted molar refractivity (Wildman–Crippen MR) is 96.9 cm³/mol. The maximum absolute atomic E-state index is 12.5. The third-order valence-electron chi connectivity index (χ3n) is 4.76. The molecule has 0 aromatic heterocycles. The minimum Gasteiger partial charge on any atom is -0.480 e. The van der Waals surface area contributed by atoms with Gasteiger partial charge in [0.25, 0.3) is 5.91 Å². The number of halogens is 1. The molecule has 0 saturated carbocycles. The highest BCUT2D eigenvalue weighted by Gasteiger charge is 2.53. The molecule has 27 heavy (non-hydrogen) atoms. The molecule has 2 N–H and O–H groups in total. The number of likely N-dealkylation sites (tertiary alicyclic amines) is 1. The van der Waals surface area contributed by atoms with Crippen LogP contribution in [0.2, 0.25) is 5.02 Å². The summed E-state index contributed by atoms with van der Waals surface area (Å²) in [5, 5.41) is 12.1. The number of rotatable bonds is 4. The van der Waals surface area contributed by atoms with Crippen LogP contribution in [0.3, 0.4) is 0 Å². The summed E-state index contributed by atoms with van der Waals surface area (Å²) in [5.74, 6) is -1.99. The molecule has 3 rings (SSSR count). The number of carboxylic acid groups (broad SMARTS) is 1. The number of aliphatic carboxylic acids is 1. The molecule has 8 nitrogen and oxygen atoms in total. The zero-order valence-corrected chi connectivity index (χ0v) is 15.1. The fourth-order valence-corrected chi connectivity index (χ4v) is 3.38. The fraction of sp³-hybridized carbons (Fsp3) is 0.333. The molecule has 142 valence electrons. The van der Waals surface area contributed by atoms with Gasteiger partial charge >= 0.3 is 12.0 Å². The van der Waals surface area contributed by atoms with Crippen molar-refractivity contribution in [3.8, 4) is 0 Å². The normalized spacial score (nSPS) is 19.0. The van der Waals surface area contributed by atoms with Gasteiger partial charge in [-0.2, -0.15) is 0 Å². The van der Waals surface area contributed by atoms with E-state index in [4.69, 9.17) is 16.7 Å². The molecule has 0 bridgehead atoms. The van der Waals surface area contributed by atoms with Crippen molar-refractivity contribution in [2.24, 2.45) is 0 Å². The number of carboxylic acids is 1. The molecule has 1 aromatic carbocycles. The van der Waals surface area contributed by atoms with E-state index >= 15 is 0 Å². The lowest BCUT2D eigenvalue weighted by atomic mass is 9.87. The van der Waals surface area contributed by atoms with E-state index in [9.17, 15) is 19.2 Å². The third-order valence-corrected chi connectivity index (χ3v) is 5.01. The first-order valence-electron chi connectivity index (χ1n) is 8.39. The molecule has 0 aliphatic carbocycles. The molecule has 0 atom stereocenters. The van der Waals surface area contributed by atoms with Crippen molar-refractivity contribution in [2.45, 2.75) is 18.4 Å². The number of hydrogen-bond donors (Lipinski definition) is 2. The molecule has 4 amide bonds. The summed E-state index contributed by atoms with van der Waals surface area (Å²) in [6, 6.07) is 6.34. The monoisotopic (exact) mass is 391 g/mol. The van der Waals surface area contributed by atoms with Crippen LogP contribution in [-0.4, -0.2) is 63.9 Å². The Kier molecular flexibility index (Phi) is 5.18. The zero-order chi connectivity index (χ0) is 19.6. The van der Waals surface area contributed by atoms with Crippen LogP contribution in [0.15, 0.2) is 30.3 Å². The highest BCUT2D eigenvalue weighted by Crippen LogP contribution is 2.29. The Balaban J connectivity index is 1.60. The number of hydrogen-bond acceptors (Lipinski definition) is 4. The first-order chi connectivity index (χ1) is 12.8. The number of benzene rings is 1. The second kappa shape index (κ2) is 7.40. The Morgan fingerprint density at radius 3 is 2.41 bits per heavy atom. The van der Waals surface area contributed by atoms with Crippen molar-refractivity contribution in [3.05, 3.63) is 40.9 Å². The molecule has 1 aromatic rings. The molecule has 0 radical (unpaired) electrons. The Morgan fingerprint density at radius 1 is 1.19 bits per heavy atom. The average molecular weight is 392 g/mol. The van der Waals surface area contributed by atoms with E-state index in [1.54, 1.807) is 35.2 Å². The van der Waals surface area contributed by atoms with E-state index in [1.807, 2.05) is 0 Å². The highest BCUT2D eigenvalue weighted by molar-refractivity contribution is 6.30. The van der Waals surface area contributed by atoms with Crippen molar-refractivity contribution in [1.82, 2.24) is 15.1 Å². The van der Waals surface area contributed by atoms with Gasteiger partial charge in [-0.15, -0.1) is 0 Å². The van der Waals surface area contributed by atoms with Gasteiger partial charge in [-0.3, -0.25) is 19.3 Å². The average Bonchev–Trinajstić information content (AvgIpc) is 2.85. The molecule has 2 fully saturated rings. The summed E-state index contributed by atoms with van der Waals surface area (Å²) in [6.45, 7) is -0.0909. The quantitative estimate of drug-likeness (QED) is 0.595.